The van der Waals surface area contributed by atoms with E-state index < -0.39 is 17.5 Å². The number of carbonyl (C=O) groups is 3. The molecule has 4 amide bonds. The maximum atomic E-state index is 13.1. The van der Waals surface area contributed by atoms with Crippen molar-refractivity contribution in [3.8, 4) is 5.75 Å². The van der Waals surface area contributed by atoms with E-state index in [0.717, 1.165) is 4.90 Å². The molecule has 0 radical (unpaired) electrons. The summed E-state index contributed by atoms with van der Waals surface area (Å²) in [5.74, 6) is -0.122. The Morgan fingerprint density at radius 1 is 1.13 bits per heavy atom. The van der Waals surface area contributed by atoms with Gasteiger partial charge in [0.25, 0.3) is 5.91 Å². The van der Waals surface area contributed by atoms with Crippen LogP contribution in [0.5, 0.6) is 5.75 Å². The van der Waals surface area contributed by atoms with E-state index >= 15 is 0 Å². The SMILES string of the molecule is CCC1(c2ccccc2)NC(=O)N(CC(=O)N(C)CCOc2ccc(Cl)cc2)C1=O. The van der Waals surface area contributed by atoms with Crippen molar-refractivity contribution in [1.29, 1.82) is 0 Å². The van der Waals surface area contributed by atoms with Crippen LogP contribution in [0, 0.1) is 0 Å². The van der Waals surface area contributed by atoms with Crippen LogP contribution in [0.15, 0.2) is 54.6 Å². The first-order valence-corrected chi connectivity index (χ1v) is 10.1. The quantitative estimate of drug-likeness (QED) is 0.654. The molecule has 2 aromatic rings. The maximum absolute atomic E-state index is 13.1. The van der Waals surface area contributed by atoms with Crippen molar-refractivity contribution in [3.63, 3.8) is 0 Å². The Labute approximate surface area is 180 Å². The van der Waals surface area contributed by atoms with Crippen LogP contribution in [-0.4, -0.2) is 54.4 Å². The average Bonchev–Trinajstić information content (AvgIpc) is 3.00. The van der Waals surface area contributed by atoms with Crippen LogP contribution in [0.3, 0.4) is 0 Å². The van der Waals surface area contributed by atoms with E-state index in [9.17, 15) is 14.4 Å². The van der Waals surface area contributed by atoms with E-state index in [2.05, 4.69) is 5.32 Å². The Hall–Kier alpha value is -3.06. The second-order valence-corrected chi connectivity index (χ2v) is 7.50. The molecule has 1 fully saturated rings. The van der Waals surface area contributed by atoms with Gasteiger partial charge in [0.15, 0.2) is 0 Å². The van der Waals surface area contributed by atoms with Crippen molar-refractivity contribution in [2.24, 2.45) is 0 Å². The number of rotatable bonds is 8. The summed E-state index contributed by atoms with van der Waals surface area (Å²) in [6, 6.07) is 15.4. The highest BCUT2D eigenvalue weighted by Crippen LogP contribution is 2.32. The summed E-state index contributed by atoms with van der Waals surface area (Å²) in [4.78, 5) is 40.6. The molecule has 8 heteroatoms. The molecule has 0 aliphatic carbocycles. The third-order valence-electron chi connectivity index (χ3n) is 5.20. The van der Waals surface area contributed by atoms with E-state index in [1.807, 2.05) is 25.1 Å². The Morgan fingerprint density at radius 3 is 2.43 bits per heavy atom. The molecule has 0 saturated carbocycles. The molecule has 1 saturated heterocycles. The molecule has 0 bridgehead atoms. The highest BCUT2D eigenvalue weighted by atomic mass is 35.5. The number of nitrogens with zero attached hydrogens (tertiary/aromatic N) is 2. The topological polar surface area (TPSA) is 79.0 Å². The van der Waals surface area contributed by atoms with E-state index in [-0.39, 0.29) is 19.1 Å². The number of urea groups is 1. The van der Waals surface area contributed by atoms with Crippen molar-refractivity contribution in [1.82, 2.24) is 15.1 Å². The molecule has 3 rings (SSSR count). The smallest absolute Gasteiger partial charge is 0.325 e. The highest BCUT2D eigenvalue weighted by molar-refractivity contribution is 6.30. The van der Waals surface area contributed by atoms with Gasteiger partial charge < -0.3 is 15.0 Å². The summed E-state index contributed by atoms with van der Waals surface area (Å²) in [6.07, 6.45) is 0.386. The van der Waals surface area contributed by atoms with Gasteiger partial charge in [-0.25, -0.2) is 4.79 Å². The van der Waals surface area contributed by atoms with Crippen LogP contribution < -0.4 is 10.1 Å². The second-order valence-electron chi connectivity index (χ2n) is 7.06. The van der Waals surface area contributed by atoms with Gasteiger partial charge in [-0.15, -0.1) is 0 Å². The van der Waals surface area contributed by atoms with Gasteiger partial charge in [0.2, 0.25) is 5.91 Å². The lowest BCUT2D eigenvalue weighted by atomic mass is 9.87. The summed E-state index contributed by atoms with van der Waals surface area (Å²) < 4.78 is 5.59. The molecule has 1 aliphatic rings. The fraction of sp³-hybridized carbons (Fsp3) is 0.318. The molecule has 7 nitrogen and oxygen atoms in total. The first-order valence-electron chi connectivity index (χ1n) is 9.69. The second kappa shape index (κ2) is 9.17. The molecule has 0 spiro atoms. The first kappa shape index (κ1) is 21.6. The molecular weight excluding hydrogens is 406 g/mol. The number of halogens is 1. The average molecular weight is 430 g/mol. The summed E-state index contributed by atoms with van der Waals surface area (Å²) in [5.41, 5.74) is -0.444. The minimum absolute atomic E-state index is 0.271. The summed E-state index contributed by atoms with van der Waals surface area (Å²) in [6.45, 7) is 2.09. The minimum Gasteiger partial charge on any atom is -0.492 e. The summed E-state index contributed by atoms with van der Waals surface area (Å²) in [7, 11) is 1.61. The third-order valence-corrected chi connectivity index (χ3v) is 5.45. The molecular formula is C22H24ClN3O4. The van der Waals surface area contributed by atoms with Crippen LogP contribution in [0.25, 0.3) is 0 Å². The molecule has 158 valence electrons. The maximum Gasteiger partial charge on any atom is 0.325 e. The standard InChI is InChI=1S/C22H24ClN3O4/c1-3-22(16-7-5-4-6-8-16)20(28)26(21(29)24-22)15-19(27)25(2)13-14-30-18-11-9-17(23)10-12-18/h4-12H,3,13-15H2,1-2H3,(H,24,29). The predicted octanol–water partition coefficient (Wildman–Crippen LogP) is 3.03. The van der Waals surface area contributed by atoms with Gasteiger partial charge in [0, 0.05) is 12.1 Å². The fourth-order valence-corrected chi connectivity index (χ4v) is 3.47. The first-order chi connectivity index (χ1) is 14.4. The van der Waals surface area contributed by atoms with E-state index in [1.54, 1.807) is 43.4 Å². The van der Waals surface area contributed by atoms with Crippen molar-refractivity contribution in [2.75, 3.05) is 26.7 Å². The highest BCUT2D eigenvalue weighted by Gasteiger charge is 2.51. The van der Waals surface area contributed by atoms with Gasteiger partial charge in [0.1, 0.15) is 24.4 Å². The number of likely N-dealkylation sites (N-methyl/N-ethyl adjacent to an activating group) is 1. The van der Waals surface area contributed by atoms with Gasteiger partial charge >= 0.3 is 6.03 Å². The molecule has 1 atom stereocenters. The lowest BCUT2D eigenvalue weighted by Gasteiger charge is -2.26. The van der Waals surface area contributed by atoms with Gasteiger partial charge in [-0.1, -0.05) is 48.9 Å². The molecule has 1 unspecified atom stereocenters. The zero-order valence-electron chi connectivity index (χ0n) is 16.9. The molecule has 1 aliphatic heterocycles. The molecule has 1 N–H and O–H groups in total. The predicted molar refractivity (Wildman–Crippen MR) is 113 cm³/mol. The number of ether oxygens (including phenoxy) is 1. The lowest BCUT2D eigenvalue weighted by Crippen LogP contribution is -2.45. The number of amides is 4. The van der Waals surface area contributed by atoms with Gasteiger partial charge in [0.05, 0.1) is 6.54 Å². The van der Waals surface area contributed by atoms with Crippen LogP contribution in [0.4, 0.5) is 4.79 Å². The Kier molecular flexibility index (Phi) is 6.62. The zero-order valence-corrected chi connectivity index (χ0v) is 17.7. The van der Waals surface area contributed by atoms with Crippen molar-refractivity contribution < 1.29 is 19.1 Å². The third kappa shape index (κ3) is 4.41. The van der Waals surface area contributed by atoms with Crippen LogP contribution >= 0.6 is 11.6 Å². The molecule has 1 heterocycles. The molecule has 2 aromatic carbocycles. The number of hydrogen-bond acceptors (Lipinski definition) is 4. The largest absolute Gasteiger partial charge is 0.492 e. The van der Waals surface area contributed by atoms with E-state index in [4.69, 9.17) is 16.3 Å². The Balaban J connectivity index is 1.59. The fourth-order valence-electron chi connectivity index (χ4n) is 3.34. The number of nitrogens with one attached hydrogen (secondary N) is 1. The summed E-state index contributed by atoms with van der Waals surface area (Å²) in [5, 5.41) is 3.39. The number of carbonyl (C=O) groups excluding carboxylic acids is 3. The molecule has 30 heavy (non-hydrogen) atoms. The number of hydrogen-bond donors (Lipinski definition) is 1. The van der Waals surface area contributed by atoms with Crippen molar-refractivity contribution in [2.45, 2.75) is 18.9 Å². The van der Waals surface area contributed by atoms with E-state index in [0.29, 0.717) is 29.3 Å². The monoisotopic (exact) mass is 429 g/mol. The zero-order chi connectivity index (χ0) is 21.7. The van der Waals surface area contributed by atoms with Gasteiger partial charge in [-0.05, 0) is 36.2 Å². The summed E-state index contributed by atoms with van der Waals surface area (Å²) >= 11 is 5.84. The van der Waals surface area contributed by atoms with Gasteiger partial charge in [-0.2, -0.15) is 0 Å². The van der Waals surface area contributed by atoms with Crippen LogP contribution in [0.1, 0.15) is 18.9 Å². The Bertz CT molecular complexity index is 920. The lowest BCUT2D eigenvalue weighted by molar-refractivity contribution is -0.138. The van der Waals surface area contributed by atoms with Crippen LogP contribution in [0.2, 0.25) is 5.02 Å². The Morgan fingerprint density at radius 2 is 1.80 bits per heavy atom. The number of imide groups is 1. The molecule has 0 aromatic heterocycles. The van der Waals surface area contributed by atoms with Crippen molar-refractivity contribution >= 4 is 29.4 Å². The van der Waals surface area contributed by atoms with Crippen molar-refractivity contribution in [3.05, 3.63) is 65.2 Å². The normalized spacial score (nSPS) is 18.3. The van der Waals surface area contributed by atoms with Gasteiger partial charge in [-0.3, -0.25) is 14.5 Å². The van der Waals surface area contributed by atoms with E-state index in [1.165, 1.54) is 4.90 Å². The minimum atomic E-state index is -1.14. The van der Waals surface area contributed by atoms with Crippen LogP contribution in [-0.2, 0) is 15.1 Å². The number of benzene rings is 2.